The van der Waals surface area contributed by atoms with Gasteiger partial charge in [0.15, 0.2) is 0 Å². The maximum atomic E-state index is 13.0. The number of H-pyrrole nitrogens is 1. The molecule has 1 aliphatic carbocycles. The normalized spacial score (nSPS) is 15.2. The fraction of sp³-hybridized carbons (Fsp3) is 0.351. The lowest BCUT2D eigenvalue weighted by atomic mass is 9.58. The number of carbonyl (C=O) groups is 1. The van der Waals surface area contributed by atoms with Crippen LogP contribution in [0.3, 0.4) is 0 Å². The number of aromatic amines is 1. The number of hydrogen-bond donors (Lipinski definition) is 2. The van der Waals surface area contributed by atoms with E-state index in [-0.39, 0.29) is 17.3 Å². The summed E-state index contributed by atoms with van der Waals surface area (Å²) in [5.41, 5.74) is 3.63. The largest absolute Gasteiger partial charge is 0.487 e. The number of aliphatic carboxylic acids is 1. The predicted molar refractivity (Wildman–Crippen MR) is 180 cm³/mol. The number of hydrogen-bond acceptors (Lipinski definition) is 6. The van der Waals surface area contributed by atoms with Crippen LogP contribution in [-0.4, -0.2) is 35.8 Å². The number of thioether (sulfide) groups is 1. The Morgan fingerprint density at radius 2 is 1.75 bits per heavy atom. The molecule has 2 N–H and O–H groups in total. The molecule has 0 bridgehead atoms. The standard InChI is InChI=1S/C37H37F3N4O3S/c1-22-18-42-26(20-41-22)21-47-27-11-13-31-28(17-27)33(48-35(2,3)4)32(44-31)29(36(34(45)46)14-5-15-36)16-23-6-8-24(9-7-23)30-12-10-25(19-43-30)37(38,39)40/h6-13,17-20,29,44H,5,14-16,21H2,1-4H3,(H,45,46). The van der Waals surface area contributed by atoms with E-state index in [0.717, 1.165) is 51.4 Å². The molecule has 0 amide bonds. The molecule has 0 radical (unpaired) electrons. The Balaban J connectivity index is 1.36. The molecule has 250 valence electrons. The van der Waals surface area contributed by atoms with E-state index in [4.69, 9.17) is 4.74 Å². The average Bonchev–Trinajstić information content (AvgIpc) is 3.35. The Bertz CT molecular complexity index is 1910. The molecule has 1 saturated carbocycles. The van der Waals surface area contributed by atoms with E-state index in [1.807, 2.05) is 49.4 Å². The summed E-state index contributed by atoms with van der Waals surface area (Å²) in [5.74, 6) is -0.493. The highest BCUT2D eigenvalue weighted by Gasteiger charge is 2.52. The first-order chi connectivity index (χ1) is 22.7. The van der Waals surface area contributed by atoms with Gasteiger partial charge >= 0.3 is 12.1 Å². The Hall–Kier alpha value is -4.38. The molecule has 6 rings (SSSR count). The molecule has 1 atom stereocenters. The van der Waals surface area contributed by atoms with Crippen LogP contribution in [-0.2, 0) is 24.0 Å². The molecular weight excluding hydrogens is 637 g/mol. The third-order valence-electron chi connectivity index (χ3n) is 8.85. The van der Waals surface area contributed by atoms with Crippen molar-refractivity contribution in [3.05, 3.63) is 101 Å². The molecule has 1 fully saturated rings. The van der Waals surface area contributed by atoms with Gasteiger partial charge in [0.05, 0.1) is 34.3 Å². The fourth-order valence-electron chi connectivity index (χ4n) is 6.19. The van der Waals surface area contributed by atoms with Crippen LogP contribution in [0.1, 0.15) is 74.2 Å². The summed E-state index contributed by atoms with van der Waals surface area (Å²) in [5, 5.41) is 11.6. The van der Waals surface area contributed by atoms with E-state index in [2.05, 4.69) is 40.7 Å². The quantitative estimate of drug-likeness (QED) is 0.142. The monoisotopic (exact) mass is 674 g/mol. The van der Waals surface area contributed by atoms with E-state index in [1.165, 1.54) is 6.07 Å². The van der Waals surface area contributed by atoms with Gasteiger partial charge in [-0.25, -0.2) is 0 Å². The van der Waals surface area contributed by atoms with Crippen LogP contribution in [0.5, 0.6) is 5.75 Å². The lowest BCUT2D eigenvalue weighted by molar-refractivity contribution is -0.157. The molecule has 0 spiro atoms. The van der Waals surface area contributed by atoms with Gasteiger partial charge in [0.1, 0.15) is 12.4 Å². The molecule has 2 aromatic carbocycles. The second-order valence-electron chi connectivity index (χ2n) is 13.4. The molecule has 0 saturated heterocycles. The van der Waals surface area contributed by atoms with Crippen molar-refractivity contribution in [3.63, 3.8) is 0 Å². The fourth-order valence-corrected chi connectivity index (χ4v) is 7.39. The highest BCUT2D eigenvalue weighted by Crippen LogP contribution is 2.56. The first-order valence-electron chi connectivity index (χ1n) is 15.8. The Kier molecular flexibility index (Phi) is 9.02. The summed E-state index contributed by atoms with van der Waals surface area (Å²) in [7, 11) is 0. The molecule has 3 heterocycles. The van der Waals surface area contributed by atoms with E-state index in [9.17, 15) is 23.1 Å². The van der Waals surface area contributed by atoms with Gasteiger partial charge in [0.2, 0.25) is 0 Å². The van der Waals surface area contributed by atoms with Crippen LogP contribution in [0.4, 0.5) is 13.2 Å². The number of ether oxygens (including phenoxy) is 1. The van der Waals surface area contributed by atoms with Gasteiger partial charge < -0.3 is 14.8 Å². The van der Waals surface area contributed by atoms with Crippen molar-refractivity contribution in [2.75, 3.05) is 0 Å². The van der Waals surface area contributed by atoms with Gasteiger partial charge in [-0.1, -0.05) is 51.5 Å². The summed E-state index contributed by atoms with van der Waals surface area (Å²) in [4.78, 5) is 30.4. The van der Waals surface area contributed by atoms with E-state index in [0.29, 0.717) is 42.0 Å². The Morgan fingerprint density at radius 3 is 2.31 bits per heavy atom. The maximum Gasteiger partial charge on any atom is 0.417 e. The van der Waals surface area contributed by atoms with Gasteiger partial charge in [0.25, 0.3) is 0 Å². The number of nitrogens with one attached hydrogen (secondary N) is 1. The molecule has 0 aliphatic heterocycles. The first-order valence-corrected chi connectivity index (χ1v) is 16.6. The maximum absolute atomic E-state index is 13.0. The van der Waals surface area contributed by atoms with Crippen LogP contribution in [0.2, 0.25) is 0 Å². The lowest BCUT2D eigenvalue weighted by Gasteiger charge is -2.44. The van der Waals surface area contributed by atoms with E-state index >= 15 is 0 Å². The van der Waals surface area contributed by atoms with Crippen LogP contribution >= 0.6 is 11.8 Å². The van der Waals surface area contributed by atoms with E-state index in [1.54, 1.807) is 24.2 Å². The van der Waals surface area contributed by atoms with Crippen molar-refractivity contribution in [1.82, 2.24) is 19.9 Å². The summed E-state index contributed by atoms with van der Waals surface area (Å²) >= 11 is 1.70. The van der Waals surface area contributed by atoms with Gasteiger partial charge in [-0.05, 0) is 62.1 Å². The van der Waals surface area contributed by atoms with Gasteiger partial charge in [-0.15, -0.1) is 11.8 Å². The molecule has 48 heavy (non-hydrogen) atoms. The number of pyridine rings is 1. The zero-order valence-corrected chi connectivity index (χ0v) is 28.0. The highest BCUT2D eigenvalue weighted by atomic mass is 32.2. The second kappa shape index (κ2) is 12.9. The van der Waals surface area contributed by atoms with Crippen LogP contribution < -0.4 is 4.74 Å². The third-order valence-corrected chi connectivity index (χ3v) is 10.1. The number of carboxylic acid groups (broad SMARTS) is 1. The number of carboxylic acids is 1. The average molecular weight is 675 g/mol. The van der Waals surface area contributed by atoms with Crippen molar-refractivity contribution in [2.24, 2.45) is 5.41 Å². The summed E-state index contributed by atoms with van der Waals surface area (Å²) in [6, 6.07) is 15.7. The van der Waals surface area contributed by atoms with Gasteiger partial charge in [-0.3, -0.25) is 19.7 Å². The number of aromatic nitrogens is 4. The third kappa shape index (κ3) is 7.06. The minimum Gasteiger partial charge on any atom is -0.487 e. The molecule has 1 unspecified atom stereocenters. The van der Waals surface area contributed by atoms with Crippen LogP contribution in [0.25, 0.3) is 22.2 Å². The van der Waals surface area contributed by atoms with Crippen molar-refractivity contribution >= 4 is 28.6 Å². The number of fused-ring (bicyclic) bond motifs is 1. The zero-order valence-electron chi connectivity index (χ0n) is 27.2. The van der Waals surface area contributed by atoms with Crippen molar-refractivity contribution in [1.29, 1.82) is 0 Å². The molecule has 5 aromatic rings. The van der Waals surface area contributed by atoms with E-state index < -0.39 is 23.1 Å². The SMILES string of the molecule is Cc1cnc(COc2ccc3[nH]c(C(Cc4ccc(-c5ccc(C(F)(F)F)cn5)cc4)C4(C(=O)O)CCC4)c(SC(C)(C)C)c3c2)cn1. The number of halogens is 3. The Labute approximate surface area is 281 Å². The molecule has 7 nitrogen and oxygen atoms in total. The summed E-state index contributed by atoms with van der Waals surface area (Å²) in [6.07, 6.45) is 2.23. The number of aryl methyl sites for hydroxylation is 1. The topological polar surface area (TPSA) is 101 Å². The molecular formula is C37H37F3N4O3S. The zero-order chi connectivity index (χ0) is 34.3. The Morgan fingerprint density at radius 1 is 1.00 bits per heavy atom. The number of rotatable bonds is 10. The second-order valence-corrected chi connectivity index (χ2v) is 15.3. The van der Waals surface area contributed by atoms with Crippen LogP contribution in [0, 0.1) is 12.3 Å². The molecule has 3 aromatic heterocycles. The number of benzene rings is 2. The van der Waals surface area contributed by atoms with Gasteiger partial charge in [-0.2, -0.15) is 13.2 Å². The predicted octanol–water partition coefficient (Wildman–Crippen LogP) is 9.40. The number of nitrogens with zero attached hydrogens (tertiary/aromatic N) is 3. The van der Waals surface area contributed by atoms with Crippen LogP contribution in [0.15, 0.2) is 78.1 Å². The van der Waals surface area contributed by atoms with Crippen molar-refractivity contribution < 1.29 is 27.8 Å². The lowest BCUT2D eigenvalue weighted by Crippen LogP contribution is -2.44. The first kappa shape index (κ1) is 33.5. The summed E-state index contributed by atoms with van der Waals surface area (Å²) in [6.45, 7) is 8.55. The van der Waals surface area contributed by atoms with Crippen molar-refractivity contribution in [3.8, 4) is 17.0 Å². The summed E-state index contributed by atoms with van der Waals surface area (Å²) < 4.78 is 45.1. The van der Waals surface area contributed by atoms with Crippen molar-refractivity contribution in [2.45, 2.75) is 81.7 Å². The smallest absolute Gasteiger partial charge is 0.417 e. The minimum absolute atomic E-state index is 0.172. The molecule has 1 aliphatic rings. The highest BCUT2D eigenvalue weighted by molar-refractivity contribution is 8.00. The number of alkyl halides is 3. The molecule has 11 heteroatoms. The van der Waals surface area contributed by atoms with Gasteiger partial charge in [0, 0.05) is 50.1 Å². The minimum atomic E-state index is -4.45.